The number of carbonyl (C=O) groups excluding carboxylic acids is 5. The van der Waals surface area contributed by atoms with E-state index in [1.54, 1.807) is 20.8 Å². The van der Waals surface area contributed by atoms with Crippen molar-refractivity contribution in [1.29, 1.82) is 0 Å². The molecule has 3 fully saturated rings. The van der Waals surface area contributed by atoms with Crippen LogP contribution >= 0.6 is 0 Å². The first-order valence-electron chi connectivity index (χ1n) is 18.7. The van der Waals surface area contributed by atoms with Gasteiger partial charge >= 0.3 is 12.1 Å². The molecule has 312 valence electrons. The Morgan fingerprint density at radius 3 is 2.29 bits per heavy atom. The van der Waals surface area contributed by atoms with Gasteiger partial charge in [-0.15, -0.1) is 20.2 Å². The number of aliphatic hydroxyl groups is 2. The van der Waals surface area contributed by atoms with E-state index in [1.165, 1.54) is 18.2 Å². The van der Waals surface area contributed by atoms with Crippen LogP contribution in [-0.4, -0.2) is 106 Å². The minimum Gasteiger partial charge on any atom is -0.464 e. The number of hydrogen-bond donors (Lipinski definition) is 3. The van der Waals surface area contributed by atoms with Crippen molar-refractivity contribution in [3.8, 4) is 0 Å². The molecule has 20 heteroatoms. The molecular weight excluding hydrogens is 749 g/mol. The Kier molecular flexibility index (Phi) is 14.2. The van der Waals surface area contributed by atoms with E-state index in [0.29, 0.717) is 18.4 Å². The quantitative estimate of drug-likeness (QED) is 0.0691. The molecule has 1 unspecified atom stereocenters. The molecule has 0 aromatic rings. The van der Waals surface area contributed by atoms with Gasteiger partial charge in [0.05, 0.1) is 25.9 Å². The molecule has 3 N–H and O–H groups in total. The van der Waals surface area contributed by atoms with E-state index in [4.69, 9.17) is 14.2 Å². The number of fused-ring (bicyclic) bond motifs is 5. The molecule has 0 radical (unpaired) electrons. The highest BCUT2D eigenvalue weighted by Gasteiger charge is 2.75. The SMILES string of the molecule is C[C@H]1C[C@H]2[C@@H]3CCC4=CC(=O)C=C[C@]4(C)[C@@]3(F)[C@@H](O)C[C@]2(C)[C@@]1(O)C(=O)COC(=O)OCC(NC(=O)CCCCCO[N+](=O)[O-])C(=O)OCCCCO[N+](=O)[O-]. The van der Waals surface area contributed by atoms with Gasteiger partial charge < -0.3 is 39.4 Å². The van der Waals surface area contributed by atoms with E-state index in [9.17, 15) is 54.4 Å². The van der Waals surface area contributed by atoms with Crippen molar-refractivity contribution in [1.82, 2.24) is 5.32 Å². The Bertz CT molecular complexity index is 1610. The van der Waals surface area contributed by atoms with Gasteiger partial charge in [0.25, 0.3) is 10.2 Å². The number of carbonyl (C=O) groups is 5. The summed E-state index contributed by atoms with van der Waals surface area (Å²) < 4.78 is 32.7. The Balaban J connectivity index is 1.36. The molecule has 0 bridgehead atoms. The minimum absolute atomic E-state index is 0.109. The summed E-state index contributed by atoms with van der Waals surface area (Å²) in [5.41, 5.74) is -6.32. The maximum atomic E-state index is 17.4. The average molecular weight is 800 g/mol. The van der Waals surface area contributed by atoms with Crippen molar-refractivity contribution in [3.63, 3.8) is 0 Å². The molecule has 0 heterocycles. The molecule has 9 atom stereocenters. The number of allylic oxidation sites excluding steroid dienone is 4. The largest absolute Gasteiger partial charge is 0.508 e. The minimum atomic E-state index is -2.18. The summed E-state index contributed by atoms with van der Waals surface area (Å²) >= 11 is 0. The lowest BCUT2D eigenvalue weighted by Gasteiger charge is -2.62. The van der Waals surface area contributed by atoms with Crippen LogP contribution in [0.15, 0.2) is 23.8 Å². The van der Waals surface area contributed by atoms with E-state index < -0.39 is 99.2 Å². The molecule has 4 rings (SSSR count). The third kappa shape index (κ3) is 8.95. The van der Waals surface area contributed by atoms with Crippen LogP contribution in [0, 0.1) is 48.8 Å². The number of alkyl halides is 1. The van der Waals surface area contributed by atoms with Crippen LogP contribution in [0.3, 0.4) is 0 Å². The van der Waals surface area contributed by atoms with Crippen molar-refractivity contribution in [2.45, 2.75) is 108 Å². The van der Waals surface area contributed by atoms with Crippen LogP contribution in [0.2, 0.25) is 0 Å². The number of nitrogens with one attached hydrogen (secondary N) is 1. The van der Waals surface area contributed by atoms with Gasteiger partial charge in [-0.2, -0.15) is 0 Å². The van der Waals surface area contributed by atoms with Gasteiger partial charge in [-0.1, -0.05) is 31.9 Å². The first-order valence-corrected chi connectivity index (χ1v) is 18.7. The first kappa shape index (κ1) is 44.0. The fourth-order valence-corrected chi connectivity index (χ4v) is 9.32. The molecular formula is C36H50FN3O16. The van der Waals surface area contributed by atoms with Gasteiger partial charge in [-0.25, -0.2) is 14.0 Å². The number of Topliss-reactive ketones (excluding diaryl/α,β-unsaturated/α-hetero) is 1. The van der Waals surface area contributed by atoms with Crippen molar-refractivity contribution in [2.75, 3.05) is 33.0 Å². The van der Waals surface area contributed by atoms with Crippen molar-refractivity contribution >= 4 is 29.6 Å². The predicted octanol–water partition coefficient (Wildman–Crippen LogP) is 2.84. The van der Waals surface area contributed by atoms with Crippen molar-refractivity contribution in [3.05, 3.63) is 44.0 Å². The third-order valence-corrected chi connectivity index (χ3v) is 12.2. The van der Waals surface area contributed by atoms with Crippen LogP contribution in [-0.2, 0) is 43.1 Å². The van der Waals surface area contributed by atoms with Crippen LogP contribution in [0.4, 0.5) is 9.18 Å². The second kappa shape index (κ2) is 18.0. The first-order chi connectivity index (χ1) is 26.3. The Morgan fingerprint density at radius 1 is 0.982 bits per heavy atom. The zero-order chi connectivity index (χ0) is 41.5. The highest BCUT2D eigenvalue weighted by Crippen LogP contribution is 2.70. The smallest absolute Gasteiger partial charge is 0.464 e. The van der Waals surface area contributed by atoms with E-state index >= 15 is 4.39 Å². The third-order valence-electron chi connectivity index (χ3n) is 12.2. The molecule has 1 amide bonds. The number of amides is 1. The second-order valence-electron chi connectivity index (χ2n) is 15.4. The molecule has 56 heavy (non-hydrogen) atoms. The molecule has 0 aromatic carbocycles. The van der Waals surface area contributed by atoms with Gasteiger partial charge in [0.15, 0.2) is 24.1 Å². The number of hydrogen-bond acceptors (Lipinski definition) is 16. The van der Waals surface area contributed by atoms with E-state index in [0.717, 1.165) is 0 Å². The number of rotatable bonds is 20. The normalized spacial score (nSPS) is 32.0. The standard InChI is InChI=1S/C36H50FN3O16/c1-22-17-26-25-11-10-23-18-24(41)12-13-33(23,2)35(25,37)28(42)19-34(26,3)36(22,47)29(43)21-54-32(46)53-20-27(31(45)52-14-7-8-16-56-40(50)51)38-30(44)9-5-4-6-15-55-39(48)49/h12-13,18,22,25-28,42,47H,4-11,14-17,19-21H2,1-3H3,(H,38,44)/t22-,25-,26-,27?,28-,33-,34-,35-,36-/m0/s1. The van der Waals surface area contributed by atoms with Crippen molar-refractivity contribution in [2.24, 2.45) is 28.6 Å². The lowest BCUT2D eigenvalue weighted by atomic mass is 9.44. The molecule has 0 saturated heterocycles. The maximum absolute atomic E-state index is 17.4. The zero-order valence-corrected chi connectivity index (χ0v) is 31.6. The van der Waals surface area contributed by atoms with Crippen LogP contribution in [0.5, 0.6) is 0 Å². The molecule has 0 spiro atoms. The molecule has 3 saturated carbocycles. The summed E-state index contributed by atoms with van der Waals surface area (Å²) in [6.07, 6.45) is 2.98. The van der Waals surface area contributed by atoms with Gasteiger partial charge in [-0.3, -0.25) is 14.4 Å². The number of ketones is 2. The topological polar surface area (TPSA) is 270 Å². The zero-order valence-electron chi connectivity index (χ0n) is 31.6. The summed E-state index contributed by atoms with van der Waals surface area (Å²) in [5.74, 6) is -4.87. The van der Waals surface area contributed by atoms with Crippen LogP contribution < -0.4 is 5.32 Å². The number of ether oxygens (including phenoxy) is 3. The maximum Gasteiger partial charge on any atom is 0.508 e. The lowest BCUT2D eigenvalue weighted by Crippen LogP contribution is -2.69. The predicted molar refractivity (Wildman–Crippen MR) is 187 cm³/mol. The van der Waals surface area contributed by atoms with Crippen molar-refractivity contribution < 1.29 is 72.6 Å². The lowest BCUT2D eigenvalue weighted by molar-refractivity contribution is -0.757. The summed E-state index contributed by atoms with van der Waals surface area (Å²) in [5, 5.41) is 44.7. The fourth-order valence-electron chi connectivity index (χ4n) is 9.32. The van der Waals surface area contributed by atoms with Gasteiger partial charge in [0.1, 0.15) is 12.2 Å². The summed E-state index contributed by atoms with van der Waals surface area (Å²) in [4.78, 5) is 93.0. The average Bonchev–Trinajstić information content (AvgIpc) is 3.33. The summed E-state index contributed by atoms with van der Waals surface area (Å²) in [7, 11) is 0. The highest BCUT2D eigenvalue weighted by atomic mass is 19.1. The summed E-state index contributed by atoms with van der Waals surface area (Å²) in [6, 6.07) is -1.54. The van der Waals surface area contributed by atoms with E-state index in [1.807, 2.05) is 0 Å². The fraction of sp³-hybridized carbons (Fsp3) is 0.750. The number of unbranched alkanes of at least 4 members (excludes halogenated alkanes) is 3. The van der Waals surface area contributed by atoms with Crippen LogP contribution in [0.1, 0.15) is 85.0 Å². The van der Waals surface area contributed by atoms with Gasteiger partial charge in [-0.05, 0) is 82.3 Å². The van der Waals surface area contributed by atoms with Gasteiger partial charge in [0.2, 0.25) is 11.7 Å². The second-order valence-corrected chi connectivity index (χ2v) is 15.4. The number of halogens is 1. The number of esters is 1. The molecule has 0 aromatic heterocycles. The molecule has 0 aliphatic heterocycles. The molecule has 4 aliphatic rings. The number of nitrogens with zero attached hydrogens (tertiary/aromatic N) is 2. The Morgan fingerprint density at radius 2 is 1.62 bits per heavy atom. The Labute approximate surface area is 321 Å². The highest BCUT2D eigenvalue weighted by molar-refractivity contribution is 6.01. The Hall–Kier alpha value is -4.72. The van der Waals surface area contributed by atoms with E-state index in [-0.39, 0.29) is 77.0 Å². The molecule has 19 nitrogen and oxygen atoms in total. The summed E-state index contributed by atoms with van der Waals surface area (Å²) in [6.45, 7) is 2.54. The monoisotopic (exact) mass is 799 g/mol. The number of aliphatic hydroxyl groups excluding tert-OH is 1. The van der Waals surface area contributed by atoms with Gasteiger partial charge in [0, 0.05) is 23.2 Å². The van der Waals surface area contributed by atoms with Crippen LogP contribution in [0.25, 0.3) is 0 Å². The van der Waals surface area contributed by atoms with E-state index in [2.05, 4.69) is 15.0 Å². The molecule has 4 aliphatic carbocycles.